The van der Waals surface area contributed by atoms with Crippen LogP contribution in [-0.2, 0) is 19.2 Å². The molecule has 4 N–H and O–H groups in total. The average Bonchev–Trinajstić information content (AvgIpc) is 3.12. The number of rotatable bonds is 4. The van der Waals surface area contributed by atoms with Crippen molar-refractivity contribution in [2.45, 2.75) is 32.0 Å². The van der Waals surface area contributed by atoms with Crippen molar-refractivity contribution in [1.82, 2.24) is 4.90 Å². The highest BCUT2D eigenvalue weighted by Gasteiger charge is 2.38. The van der Waals surface area contributed by atoms with Gasteiger partial charge in [-0.2, -0.15) is 13.2 Å². The molecule has 1 aliphatic heterocycles. The number of carboxylic acids is 1. The lowest BCUT2D eigenvalue weighted by molar-refractivity contribution is -0.192. The highest BCUT2D eigenvalue weighted by Crippen LogP contribution is 2.21. The zero-order valence-electron chi connectivity index (χ0n) is 15.4. The minimum Gasteiger partial charge on any atom is -0.475 e. The molecule has 1 saturated heterocycles. The lowest BCUT2D eigenvalue weighted by atomic mass is 10.2. The Balaban J connectivity index is 0.000000516. The van der Waals surface area contributed by atoms with Crippen molar-refractivity contribution in [3.8, 4) is 5.75 Å². The monoisotopic (exact) mass is 419 g/mol. The molecule has 1 fully saturated rings. The fourth-order valence-corrected chi connectivity index (χ4v) is 2.42. The fraction of sp³-hybridized carbons (Fsp3) is 0.412. The number of carbonyl (C=O) groups is 4. The van der Waals surface area contributed by atoms with Crippen LogP contribution in [0.5, 0.6) is 5.75 Å². The summed E-state index contributed by atoms with van der Waals surface area (Å²) in [6.07, 6.45) is -3.75. The van der Waals surface area contributed by atoms with E-state index in [4.69, 9.17) is 20.4 Å². The van der Waals surface area contributed by atoms with Gasteiger partial charge in [0.2, 0.25) is 11.8 Å². The van der Waals surface area contributed by atoms with Crippen LogP contribution in [0.2, 0.25) is 0 Å². The number of likely N-dealkylation sites (tertiary alicyclic amines) is 1. The Morgan fingerprint density at radius 1 is 1.24 bits per heavy atom. The number of esters is 1. The molecule has 9 nitrogen and oxygen atoms in total. The minimum atomic E-state index is -5.08. The molecule has 160 valence electrons. The summed E-state index contributed by atoms with van der Waals surface area (Å²) in [5.74, 6) is -3.28. The standard InChI is InChI=1S/C15H19N3O4.C2HF3O2/c1-10(19)17-11-4-6-12(7-5-11)22-15(21)13-3-2-8-18(13)14(20)9-16;3-2(4,5)1(6)7/h4-7,13H,2-3,8-9,16H2,1H3,(H,17,19);(H,6,7)/t13-;/m0./s1. The molecule has 0 aromatic heterocycles. The number of halogens is 3. The number of hydrogen-bond acceptors (Lipinski definition) is 6. The number of benzene rings is 1. The molecule has 1 atom stereocenters. The molecule has 0 saturated carbocycles. The molecule has 1 aromatic rings. The van der Waals surface area contributed by atoms with Crippen LogP contribution < -0.4 is 15.8 Å². The fourth-order valence-electron chi connectivity index (χ4n) is 2.42. The number of nitrogens with one attached hydrogen (secondary N) is 1. The van der Waals surface area contributed by atoms with Gasteiger partial charge in [0.25, 0.3) is 0 Å². The Bertz CT molecular complexity index is 752. The highest BCUT2D eigenvalue weighted by molar-refractivity contribution is 5.89. The molecule has 29 heavy (non-hydrogen) atoms. The summed E-state index contributed by atoms with van der Waals surface area (Å²) in [5, 5.41) is 9.75. The second-order valence-electron chi connectivity index (χ2n) is 5.88. The molecule has 0 unspecified atom stereocenters. The first-order valence-corrected chi connectivity index (χ1v) is 8.34. The molecular weight excluding hydrogens is 399 g/mol. The first kappa shape index (κ1) is 23.9. The lowest BCUT2D eigenvalue weighted by Gasteiger charge is -2.22. The molecule has 0 spiro atoms. The smallest absolute Gasteiger partial charge is 0.475 e. The van der Waals surface area contributed by atoms with Gasteiger partial charge >= 0.3 is 18.1 Å². The zero-order chi connectivity index (χ0) is 22.2. The number of carboxylic acid groups (broad SMARTS) is 1. The maximum absolute atomic E-state index is 12.2. The third-order valence-electron chi connectivity index (χ3n) is 3.66. The van der Waals surface area contributed by atoms with Crippen LogP contribution in [0.4, 0.5) is 18.9 Å². The third-order valence-corrected chi connectivity index (χ3v) is 3.66. The Labute approximate surface area is 163 Å². The summed E-state index contributed by atoms with van der Waals surface area (Å²) in [5.41, 5.74) is 5.96. The van der Waals surface area contributed by atoms with E-state index in [-0.39, 0.29) is 18.4 Å². The maximum atomic E-state index is 12.2. The molecule has 2 amide bonds. The number of hydrogen-bond donors (Lipinski definition) is 3. The summed E-state index contributed by atoms with van der Waals surface area (Å²) in [6, 6.07) is 5.88. The number of anilines is 1. The zero-order valence-corrected chi connectivity index (χ0v) is 15.4. The van der Waals surface area contributed by atoms with Gasteiger partial charge in [-0.05, 0) is 37.1 Å². The lowest BCUT2D eigenvalue weighted by Crippen LogP contribution is -2.44. The molecule has 1 aliphatic rings. The van der Waals surface area contributed by atoms with E-state index < -0.39 is 24.2 Å². The Morgan fingerprint density at radius 2 is 1.79 bits per heavy atom. The van der Waals surface area contributed by atoms with E-state index in [0.29, 0.717) is 24.4 Å². The quantitative estimate of drug-likeness (QED) is 0.491. The van der Waals surface area contributed by atoms with Crippen molar-refractivity contribution in [2.75, 3.05) is 18.4 Å². The summed E-state index contributed by atoms with van der Waals surface area (Å²) in [4.78, 5) is 45.2. The molecule has 12 heteroatoms. The normalized spacial score (nSPS) is 15.8. The molecule has 1 heterocycles. The number of amides is 2. The number of ether oxygens (including phenoxy) is 1. The second kappa shape index (κ2) is 10.4. The van der Waals surface area contributed by atoms with E-state index in [9.17, 15) is 27.6 Å². The maximum Gasteiger partial charge on any atom is 0.490 e. The van der Waals surface area contributed by atoms with Gasteiger partial charge in [-0.1, -0.05) is 0 Å². The van der Waals surface area contributed by atoms with Crippen LogP contribution >= 0.6 is 0 Å². The van der Waals surface area contributed by atoms with Crippen LogP contribution in [0.1, 0.15) is 19.8 Å². The molecular formula is C17H20F3N3O6. The Morgan fingerprint density at radius 3 is 2.24 bits per heavy atom. The van der Waals surface area contributed by atoms with E-state index in [1.807, 2.05) is 0 Å². The van der Waals surface area contributed by atoms with Gasteiger partial charge in [0, 0.05) is 19.2 Å². The van der Waals surface area contributed by atoms with Crippen LogP contribution in [0.25, 0.3) is 0 Å². The van der Waals surface area contributed by atoms with E-state index in [2.05, 4.69) is 5.32 Å². The topological polar surface area (TPSA) is 139 Å². The predicted octanol–water partition coefficient (Wildman–Crippen LogP) is 1.13. The average molecular weight is 419 g/mol. The van der Waals surface area contributed by atoms with Crippen LogP contribution in [0, 0.1) is 0 Å². The second-order valence-corrected chi connectivity index (χ2v) is 5.88. The van der Waals surface area contributed by atoms with Gasteiger partial charge < -0.3 is 25.8 Å². The predicted molar refractivity (Wildman–Crippen MR) is 93.9 cm³/mol. The SMILES string of the molecule is CC(=O)Nc1ccc(OC(=O)[C@@H]2CCCN2C(=O)CN)cc1.O=C(O)C(F)(F)F. The van der Waals surface area contributed by atoms with Crippen molar-refractivity contribution in [1.29, 1.82) is 0 Å². The number of aliphatic carboxylic acids is 1. The molecule has 1 aromatic carbocycles. The number of nitrogens with zero attached hydrogens (tertiary/aromatic N) is 1. The number of nitrogens with two attached hydrogens (primary N) is 1. The van der Waals surface area contributed by atoms with E-state index >= 15 is 0 Å². The number of alkyl halides is 3. The van der Waals surface area contributed by atoms with Crippen LogP contribution in [0.15, 0.2) is 24.3 Å². The summed E-state index contributed by atoms with van der Waals surface area (Å²) >= 11 is 0. The van der Waals surface area contributed by atoms with Crippen molar-refractivity contribution in [2.24, 2.45) is 5.73 Å². The van der Waals surface area contributed by atoms with Gasteiger partial charge in [0.05, 0.1) is 6.54 Å². The molecule has 0 radical (unpaired) electrons. The summed E-state index contributed by atoms with van der Waals surface area (Å²) in [6.45, 7) is 1.82. The number of carbonyl (C=O) groups excluding carboxylic acids is 3. The van der Waals surface area contributed by atoms with Gasteiger partial charge in [0.15, 0.2) is 0 Å². The van der Waals surface area contributed by atoms with Crippen molar-refractivity contribution in [3.63, 3.8) is 0 Å². The highest BCUT2D eigenvalue weighted by atomic mass is 19.4. The summed E-state index contributed by atoms with van der Waals surface area (Å²) < 4.78 is 37.0. The van der Waals surface area contributed by atoms with Crippen molar-refractivity contribution in [3.05, 3.63) is 24.3 Å². The van der Waals surface area contributed by atoms with Crippen molar-refractivity contribution < 1.29 is 42.2 Å². The van der Waals surface area contributed by atoms with Crippen molar-refractivity contribution >= 4 is 29.4 Å². The Hall–Kier alpha value is -3.15. The largest absolute Gasteiger partial charge is 0.490 e. The van der Waals surface area contributed by atoms with Gasteiger partial charge in [-0.15, -0.1) is 0 Å². The van der Waals surface area contributed by atoms with Gasteiger partial charge in [0.1, 0.15) is 11.8 Å². The van der Waals surface area contributed by atoms with Gasteiger partial charge in [-0.25, -0.2) is 9.59 Å². The first-order chi connectivity index (χ1) is 13.5. The molecule has 0 bridgehead atoms. The molecule has 2 rings (SSSR count). The first-order valence-electron chi connectivity index (χ1n) is 8.34. The molecule has 0 aliphatic carbocycles. The Kier molecular flexibility index (Phi) is 8.57. The van der Waals surface area contributed by atoms with E-state index in [1.165, 1.54) is 11.8 Å². The van der Waals surface area contributed by atoms with E-state index in [0.717, 1.165) is 6.42 Å². The third kappa shape index (κ3) is 7.78. The minimum absolute atomic E-state index is 0.116. The van der Waals surface area contributed by atoms with Gasteiger partial charge in [-0.3, -0.25) is 9.59 Å². The van der Waals surface area contributed by atoms with Crippen LogP contribution in [-0.4, -0.2) is 59.1 Å². The summed E-state index contributed by atoms with van der Waals surface area (Å²) in [7, 11) is 0. The van der Waals surface area contributed by atoms with E-state index in [1.54, 1.807) is 24.3 Å². The van der Waals surface area contributed by atoms with Crippen LogP contribution in [0.3, 0.4) is 0 Å².